The Morgan fingerprint density at radius 1 is 1.14 bits per heavy atom. The molecule has 0 saturated heterocycles. The standard InChI is InChI=1S/C35H42N4O4/c1-22-5-3-8-27-16-26(40)12-10-23-11-14-32(41)33(15-23)43-20-25-7-4-6-24-18-39(19-30(24)25)35-31(21-42-27)28(13-9-22)29(17-37-2)34(36)38-35/h4,6-7,11,14-15,18-19,22,26-27,34,37-38,40-41H,3,5,8,10,12,16-17,20-21,36H2,1-2H3. The third kappa shape index (κ3) is 6.46. The minimum Gasteiger partial charge on any atom is -0.504 e. The lowest BCUT2D eigenvalue weighted by Crippen LogP contribution is -2.46. The van der Waals surface area contributed by atoms with Crippen LogP contribution in [0.25, 0.3) is 16.6 Å². The van der Waals surface area contributed by atoms with Crippen molar-refractivity contribution < 1.29 is 19.7 Å². The van der Waals surface area contributed by atoms with Crippen molar-refractivity contribution in [1.29, 1.82) is 0 Å². The van der Waals surface area contributed by atoms with Crippen LogP contribution >= 0.6 is 0 Å². The van der Waals surface area contributed by atoms with Crippen LogP contribution in [0.5, 0.6) is 11.5 Å². The molecule has 6 N–H and O–H groups in total. The predicted molar refractivity (Wildman–Crippen MR) is 169 cm³/mol. The first-order chi connectivity index (χ1) is 20.9. The van der Waals surface area contributed by atoms with Crippen molar-refractivity contribution in [2.24, 2.45) is 11.7 Å². The van der Waals surface area contributed by atoms with Gasteiger partial charge in [0.15, 0.2) is 11.5 Å². The summed E-state index contributed by atoms with van der Waals surface area (Å²) in [5.74, 6) is 8.64. The topological polar surface area (TPSA) is 114 Å². The lowest BCUT2D eigenvalue weighted by Gasteiger charge is -2.32. The van der Waals surface area contributed by atoms with Gasteiger partial charge in [-0.05, 0) is 74.4 Å². The Morgan fingerprint density at radius 3 is 2.88 bits per heavy atom. The maximum absolute atomic E-state index is 11.1. The number of aryl methyl sites for hydroxylation is 1. The highest BCUT2D eigenvalue weighted by Gasteiger charge is 2.29. The number of benzene rings is 2. The van der Waals surface area contributed by atoms with Crippen molar-refractivity contribution >= 4 is 16.6 Å². The number of nitrogens with one attached hydrogen (secondary N) is 2. The van der Waals surface area contributed by atoms with E-state index >= 15 is 0 Å². The zero-order chi connectivity index (χ0) is 29.9. The first kappa shape index (κ1) is 29.3. The van der Waals surface area contributed by atoms with Crippen LogP contribution in [-0.2, 0) is 17.8 Å². The van der Waals surface area contributed by atoms with Gasteiger partial charge in [0, 0.05) is 46.8 Å². The van der Waals surface area contributed by atoms with Crippen molar-refractivity contribution in [1.82, 2.24) is 15.2 Å². The summed E-state index contributed by atoms with van der Waals surface area (Å²) in [7, 11) is 1.92. The van der Waals surface area contributed by atoms with Crippen LogP contribution < -0.4 is 21.1 Å². The van der Waals surface area contributed by atoms with E-state index in [-0.39, 0.29) is 17.8 Å². The van der Waals surface area contributed by atoms with Gasteiger partial charge in [0.25, 0.3) is 0 Å². The first-order valence-corrected chi connectivity index (χ1v) is 15.4. The number of aliphatic hydroxyl groups excluding tert-OH is 1. The second-order valence-corrected chi connectivity index (χ2v) is 12.0. The molecule has 3 aliphatic heterocycles. The number of likely N-dealkylation sites (N-methyl/N-ethyl adjacent to an activating group) is 1. The van der Waals surface area contributed by atoms with Crippen LogP contribution in [0, 0.1) is 17.8 Å². The summed E-state index contributed by atoms with van der Waals surface area (Å²) < 4.78 is 14.9. The van der Waals surface area contributed by atoms with Gasteiger partial charge in [-0.25, -0.2) is 0 Å². The number of rotatable bonds is 2. The molecule has 4 unspecified atom stereocenters. The number of hydrogen-bond donors (Lipinski definition) is 5. The molecule has 8 heteroatoms. The van der Waals surface area contributed by atoms with Gasteiger partial charge in [0.05, 0.1) is 18.8 Å². The number of aliphatic hydroxyl groups is 1. The summed E-state index contributed by atoms with van der Waals surface area (Å²) >= 11 is 0. The number of phenolic OH excluding ortho intramolecular Hbond substituents is 1. The Bertz CT molecular complexity index is 1610. The van der Waals surface area contributed by atoms with E-state index in [1.807, 2.05) is 31.3 Å². The van der Waals surface area contributed by atoms with Gasteiger partial charge in [0.2, 0.25) is 0 Å². The molecule has 0 radical (unpaired) electrons. The Morgan fingerprint density at radius 2 is 2.02 bits per heavy atom. The van der Waals surface area contributed by atoms with E-state index in [4.69, 9.17) is 15.2 Å². The van der Waals surface area contributed by atoms with E-state index in [9.17, 15) is 10.2 Å². The molecule has 4 heterocycles. The SMILES string of the molecule is CNCC1=C2C#CC(C)CCCC3CC(O)CCc4ccc(O)c(c4)OCc4cccc5cn(cc45)C(=C2CO3)NC1N. The van der Waals surface area contributed by atoms with Crippen LogP contribution in [0.4, 0.5) is 0 Å². The molecule has 0 amide bonds. The molecule has 1 aromatic heterocycles. The lowest BCUT2D eigenvalue weighted by atomic mass is 9.94. The number of aromatic nitrogens is 1. The summed E-state index contributed by atoms with van der Waals surface area (Å²) in [5.41, 5.74) is 11.7. The Labute approximate surface area is 253 Å². The van der Waals surface area contributed by atoms with Crippen LogP contribution in [0.2, 0.25) is 0 Å². The monoisotopic (exact) mass is 582 g/mol. The Kier molecular flexibility index (Phi) is 8.78. The highest BCUT2D eigenvalue weighted by atomic mass is 16.5. The zero-order valence-corrected chi connectivity index (χ0v) is 25.0. The molecule has 0 spiro atoms. The fourth-order valence-electron chi connectivity index (χ4n) is 6.32. The molecule has 3 aromatic rings. The molecule has 0 saturated carbocycles. The van der Waals surface area contributed by atoms with Gasteiger partial charge in [0.1, 0.15) is 18.6 Å². The van der Waals surface area contributed by atoms with Crippen LogP contribution in [0.3, 0.4) is 0 Å². The maximum atomic E-state index is 11.1. The number of fused-ring (bicyclic) bond motifs is 6. The van der Waals surface area contributed by atoms with Gasteiger partial charge in [-0.2, -0.15) is 0 Å². The number of hydrogen-bond acceptors (Lipinski definition) is 7. The van der Waals surface area contributed by atoms with E-state index in [2.05, 4.69) is 52.4 Å². The second-order valence-electron chi connectivity index (χ2n) is 12.0. The quantitative estimate of drug-likeness (QED) is 0.285. The molecule has 0 fully saturated rings. The normalized spacial score (nSPS) is 24.8. The summed E-state index contributed by atoms with van der Waals surface area (Å²) in [5, 5.41) is 30.6. The van der Waals surface area contributed by atoms with E-state index < -0.39 is 12.3 Å². The average Bonchev–Trinajstić information content (AvgIpc) is 3.42. The maximum Gasteiger partial charge on any atom is 0.161 e. The third-order valence-corrected chi connectivity index (χ3v) is 8.76. The predicted octanol–water partition coefficient (Wildman–Crippen LogP) is 4.40. The van der Waals surface area contributed by atoms with Gasteiger partial charge in [-0.15, -0.1) is 0 Å². The van der Waals surface area contributed by atoms with Gasteiger partial charge in [-0.1, -0.05) is 43.0 Å². The molecule has 6 rings (SSSR count). The molecular formula is C35H42N4O4. The number of phenols is 1. The van der Waals surface area contributed by atoms with Crippen LogP contribution in [0.15, 0.2) is 65.5 Å². The van der Waals surface area contributed by atoms with Crippen LogP contribution in [0.1, 0.15) is 50.2 Å². The third-order valence-electron chi connectivity index (χ3n) is 8.76. The number of aromatic hydroxyl groups is 1. The Hall–Kier alpha value is -3.74. The molecule has 3 aliphatic rings. The number of nitrogens with zero attached hydrogens (tertiary/aromatic N) is 1. The first-order valence-electron chi connectivity index (χ1n) is 15.4. The molecule has 0 aliphatic carbocycles. The van der Waals surface area contributed by atoms with Gasteiger partial charge >= 0.3 is 0 Å². The highest BCUT2D eigenvalue weighted by molar-refractivity contribution is 5.87. The second kappa shape index (κ2) is 12.9. The van der Waals surface area contributed by atoms with Crippen LogP contribution in [-0.4, -0.2) is 53.4 Å². The lowest BCUT2D eigenvalue weighted by molar-refractivity contribution is 0.0167. The fraction of sp³-hybridized carbons (Fsp3) is 0.429. The molecule has 4 atom stereocenters. The number of nitrogens with two attached hydrogens (primary N) is 1. The van der Waals surface area contributed by atoms with Crippen molar-refractivity contribution in [2.75, 3.05) is 20.2 Å². The molecule has 43 heavy (non-hydrogen) atoms. The van der Waals surface area contributed by atoms with E-state index in [1.165, 1.54) is 0 Å². The van der Waals surface area contributed by atoms with Gasteiger partial charge < -0.3 is 40.6 Å². The van der Waals surface area contributed by atoms with Crippen molar-refractivity contribution in [3.63, 3.8) is 0 Å². The van der Waals surface area contributed by atoms with E-state index in [1.54, 1.807) is 6.07 Å². The minimum absolute atomic E-state index is 0.102. The molecule has 226 valence electrons. The van der Waals surface area contributed by atoms with Crippen molar-refractivity contribution in [3.8, 4) is 23.3 Å². The molecule has 8 nitrogen and oxygen atoms in total. The number of dihydropyridines is 1. The zero-order valence-electron chi connectivity index (χ0n) is 25.0. The largest absolute Gasteiger partial charge is 0.504 e. The highest BCUT2D eigenvalue weighted by Crippen LogP contribution is 2.33. The summed E-state index contributed by atoms with van der Waals surface area (Å²) in [6.07, 6.45) is 7.75. The van der Waals surface area contributed by atoms with Crippen molar-refractivity contribution in [2.45, 2.75) is 70.4 Å². The summed E-state index contributed by atoms with van der Waals surface area (Å²) in [6.45, 7) is 3.43. The molecular weight excluding hydrogens is 540 g/mol. The summed E-state index contributed by atoms with van der Waals surface area (Å²) in [6, 6.07) is 11.6. The average molecular weight is 583 g/mol. The summed E-state index contributed by atoms with van der Waals surface area (Å²) in [4.78, 5) is 0. The molecule has 2 aromatic carbocycles. The van der Waals surface area contributed by atoms with Crippen molar-refractivity contribution in [3.05, 3.63) is 76.6 Å². The fourth-order valence-corrected chi connectivity index (χ4v) is 6.32. The molecule has 6 bridgehead atoms. The van der Waals surface area contributed by atoms with Gasteiger partial charge in [-0.3, -0.25) is 0 Å². The number of ether oxygens (including phenoxy) is 2. The van der Waals surface area contributed by atoms with E-state index in [0.717, 1.165) is 63.7 Å². The minimum atomic E-state index is -0.522. The smallest absolute Gasteiger partial charge is 0.161 e. The van der Waals surface area contributed by atoms with E-state index in [0.29, 0.717) is 44.8 Å². The Balaban J connectivity index is 1.51.